The molecule has 238 valence electrons. The maximum absolute atomic E-state index is 12.2. The van der Waals surface area contributed by atoms with Gasteiger partial charge in [-0.15, -0.1) is 0 Å². The fourth-order valence-electron chi connectivity index (χ4n) is 5.42. The topological polar surface area (TPSA) is 52.6 Å². The zero-order valence-electron chi connectivity index (χ0n) is 27.6. The van der Waals surface area contributed by atoms with Gasteiger partial charge in [-0.25, -0.2) is 0 Å². The quantitative estimate of drug-likeness (QED) is 0.0618. The fraction of sp³-hybridized carbons (Fsp3) is 0.944. The predicted molar refractivity (Wildman–Crippen MR) is 172 cm³/mol. The molecule has 0 aliphatic heterocycles. The van der Waals surface area contributed by atoms with Crippen LogP contribution in [0.5, 0.6) is 0 Å². The molecule has 0 spiro atoms. The van der Waals surface area contributed by atoms with Gasteiger partial charge in [0, 0.05) is 12.8 Å². The Hall–Kier alpha value is -1.06. The van der Waals surface area contributed by atoms with Gasteiger partial charge in [0.2, 0.25) is 0 Å². The predicted octanol–water partition coefficient (Wildman–Crippen LogP) is 11.5. The number of esters is 2. The Kier molecular flexibility index (Phi) is 30.1. The summed E-state index contributed by atoms with van der Waals surface area (Å²) in [6.45, 7) is 10.1. The zero-order valence-corrected chi connectivity index (χ0v) is 27.6. The second-order valence-electron chi connectivity index (χ2n) is 12.6. The van der Waals surface area contributed by atoms with Crippen LogP contribution in [0, 0.1) is 11.8 Å². The lowest BCUT2D eigenvalue weighted by Gasteiger charge is -2.20. The first-order valence-corrected chi connectivity index (χ1v) is 17.8. The summed E-state index contributed by atoms with van der Waals surface area (Å²) in [5.41, 5.74) is 0. The number of rotatable bonds is 31. The normalized spacial score (nSPS) is 12.1. The van der Waals surface area contributed by atoms with Crippen molar-refractivity contribution in [1.82, 2.24) is 0 Å². The van der Waals surface area contributed by atoms with E-state index in [-0.39, 0.29) is 11.9 Å². The van der Waals surface area contributed by atoms with Gasteiger partial charge in [0.15, 0.2) is 0 Å². The standard InChI is InChI=1S/C36H70O4/c1-5-7-9-22-26-30-39-35(37)29-25-21-19-17-15-13-11-12-14-16-18-20-24-28-34(33(3)4)32-36(38)40-31-27-23-10-8-6-2/h33-34H,5-32H2,1-4H3. The number of hydrogen-bond donors (Lipinski definition) is 0. The Morgan fingerprint density at radius 2 is 0.850 bits per heavy atom. The van der Waals surface area contributed by atoms with Crippen LogP contribution in [0.25, 0.3) is 0 Å². The zero-order chi connectivity index (χ0) is 29.5. The molecular formula is C36H70O4. The van der Waals surface area contributed by atoms with Crippen molar-refractivity contribution in [2.45, 2.75) is 195 Å². The van der Waals surface area contributed by atoms with Gasteiger partial charge in [-0.05, 0) is 37.5 Å². The molecular weight excluding hydrogens is 496 g/mol. The van der Waals surface area contributed by atoms with E-state index < -0.39 is 0 Å². The van der Waals surface area contributed by atoms with E-state index in [1.807, 2.05) is 0 Å². The van der Waals surface area contributed by atoms with Crippen LogP contribution in [0.1, 0.15) is 195 Å². The molecule has 0 aliphatic rings. The van der Waals surface area contributed by atoms with Crippen molar-refractivity contribution in [2.24, 2.45) is 11.8 Å². The van der Waals surface area contributed by atoms with Gasteiger partial charge in [-0.2, -0.15) is 0 Å². The second kappa shape index (κ2) is 30.9. The molecule has 40 heavy (non-hydrogen) atoms. The average molecular weight is 567 g/mol. The SMILES string of the molecule is CCCCCCCOC(=O)CCCCCCCCCCCCCCCC(CC(=O)OCCCCCCC)C(C)C. The van der Waals surface area contributed by atoms with Crippen LogP contribution < -0.4 is 0 Å². The summed E-state index contributed by atoms with van der Waals surface area (Å²) < 4.78 is 10.8. The Balaban J connectivity index is 3.47. The van der Waals surface area contributed by atoms with Gasteiger partial charge in [-0.3, -0.25) is 9.59 Å². The van der Waals surface area contributed by atoms with E-state index >= 15 is 0 Å². The Morgan fingerprint density at radius 1 is 0.475 bits per heavy atom. The van der Waals surface area contributed by atoms with E-state index in [1.54, 1.807) is 0 Å². The first kappa shape index (κ1) is 38.9. The third-order valence-electron chi connectivity index (χ3n) is 8.35. The minimum Gasteiger partial charge on any atom is -0.466 e. The van der Waals surface area contributed by atoms with Gasteiger partial charge in [0.1, 0.15) is 0 Å². The van der Waals surface area contributed by atoms with Crippen LogP contribution >= 0.6 is 0 Å². The fourth-order valence-corrected chi connectivity index (χ4v) is 5.42. The number of hydrogen-bond acceptors (Lipinski definition) is 4. The molecule has 4 heteroatoms. The van der Waals surface area contributed by atoms with Crippen LogP contribution in [-0.4, -0.2) is 25.2 Å². The van der Waals surface area contributed by atoms with Gasteiger partial charge >= 0.3 is 11.9 Å². The Labute approximate surface area is 250 Å². The smallest absolute Gasteiger partial charge is 0.306 e. The van der Waals surface area contributed by atoms with Gasteiger partial charge in [-0.1, -0.05) is 156 Å². The minimum atomic E-state index is -0.00117. The maximum atomic E-state index is 12.2. The third-order valence-corrected chi connectivity index (χ3v) is 8.35. The van der Waals surface area contributed by atoms with Crippen LogP contribution in [0.2, 0.25) is 0 Å². The Bertz CT molecular complexity index is 545. The number of unbranched alkanes of at least 4 members (excludes halogenated alkanes) is 20. The molecule has 0 bridgehead atoms. The van der Waals surface area contributed by atoms with E-state index in [0.29, 0.717) is 37.9 Å². The lowest BCUT2D eigenvalue weighted by atomic mass is 9.87. The van der Waals surface area contributed by atoms with Crippen molar-refractivity contribution >= 4 is 11.9 Å². The molecule has 0 radical (unpaired) electrons. The van der Waals surface area contributed by atoms with E-state index in [9.17, 15) is 9.59 Å². The van der Waals surface area contributed by atoms with Crippen molar-refractivity contribution < 1.29 is 19.1 Å². The van der Waals surface area contributed by atoms with E-state index in [4.69, 9.17) is 9.47 Å². The van der Waals surface area contributed by atoms with Crippen molar-refractivity contribution in [3.8, 4) is 0 Å². The molecule has 0 aromatic carbocycles. The summed E-state index contributed by atoms with van der Waals surface area (Å²) in [4.78, 5) is 24.0. The van der Waals surface area contributed by atoms with E-state index in [2.05, 4.69) is 27.7 Å². The lowest BCUT2D eigenvalue weighted by molar-refractivity contribution is -0.145. The molecule has 1 unspecified atom stereocenters. The van der Waals surface area contributed by atoms with E-state index in [1.165, 1.54) is 122 Å². The molecule has 0 rings (SSSR count). The molecule has 0 aliphatic carbocycles. The summed E-state index contributed by atoms with van der Waals surface area (Å²) >= 11 is 0. The number of carbonyl (C=O) groups is 2. The van der Waals surface area contributed by atoms with Gasteiger partial charge in [0.05, 0.1) is 13.2 Å². The van der Waals surface area contributed by atoms with Crippen LogP contribution in [0.4, 0.5) is 0 Å². The van der Waals surface area contributed by atoms with Gasteiger partial charge < -0.3 is 9.47 Å². The largest absolute Gasteiger partial charge is 0.466 e. The highest BCUT2D eigenvalue weighted by Crippen LogP contribution is 2.24. The van der Waals surface area contributed by atoms with Crippen molar-refractivity contribution in [3.63, 3.8) is 0 Å². The van der Waals surface area contributed by atoms with Crippen molar-refractivity contribution in [1.29, 1.82) is 0 Å². The molecule has 0 saturated heterocycles. The van der Waals surface area contributed by atoms with Gasteiger partial charge in [0.25, 0.3) is 0 Å². The molecule has 0 aromatic rings. The summed E-state index contributed by atoms with van der Waals surface area (Å²) in [6.07, 6.45) is 31.0. The first-order chi connectivity index (χ1) is 19.5. The van der Waals surface area contributed by atoms with Crippen molar-refractivity contribution in [3.05, 3.63) is 0 Å². The van der Waals surface area contributed by atoms with Crippen LogP contribution in [-0.2, 0) is 19.1 Å². The van der Waals surface area contributed by atoms with E-state index in [0.717, 1.165) is 32.1 Å². The summed E-state index contributed by atoms with van der Waals surface area (Å²) in [5, 5.41) is 0. The molecule has 0 saturated carbocycles. The molecule has 4 nitrogen and oxygen atoms in total. The maximum Gasteiger partial charge on any atom is 0.306 e. The minimum absolute atomic E-state index is 0.00117. The molecule has 0 heterocycles. The van der Waals surface area contributed by atoms with Crippen LogP contribution in [0.3, 0.4) is 0 Å². The van der Waals surface area contributed by atoms with Crippen LogP contribution in [0.15, 0.2) is 0 Å². The number of ether oxygens (including phenoxy) is 2. The lowest BCUT2D eigenvalue weighted by Crippen LogP contribution is -2.17. The van der Waals surface area contributed by atoms with Crippen molar-refractivity contribution in [2.75, 3.05) is 13.2 Å². The molecule has 0 fully saturated rings. The molecule has 0 N–H and O–H groups in total. The average Bonchev–Trinajstić information content (AvgIpc) is 2.93. The highest BCUT2D eigenvalue weighted by atomic mass is 16.5. The number of carbonyl (C=O) groups excluding carboxylic acids is 2. The summed E-state index contributed by atoms with van der Waals surface area (Å²) in [5.74, 6) is 1.02. The molecule has 0 amide bonds. The summed E-state index contributed by atoms with van der Waals surface area (Å²) in [7, 11) is 0. The first-order valence-electron chi connectivity index (χ1n) is 17.8. The highest BCUT2D eigenvalue weighted by Gasteiger charge is 2.18. The third kappa shape index (κ3) is 28.5. The monoisotopic (exact) mass is 567 g/mol. The highest BCUT2D eigenvalue weighted by molar-refractivity contribution is 5.69. The molecule has 0 aromatic heterocycles. The molecule has 1 atom stereocenters. The summed E-state index contributed by atoms with van der Waals surface area (Å²) in [6, 6.07) is 0. The Morgan fingerprint density at radius 3 is 1.30 bits per heavy atom. The second-order valence-corrected chi connectivity index (χ2v) is 12.6.